The maximum absolute atomic E-state index is 5.70. The minimum absolute atomic E-state index is 0.155. The maximum atomic E-state index is 5.70. The molecule has 0 aromatic heterocycles. The Bertz CT molecular complexity index is 174. The smallest absolute Gasteiger partial charge is 0.105 e. The van der Waals surface area contributed by atoms with Crippen LogP contribution < -0.4 is 0 Å². The third-order valence-corrected chi connectivity index (χ3v) is 5.14. The summed E-state index contributed by atoms with van der Waals surface area (Å²) in [4.78, 5) is -0.155. The van der Waals surface area contributed by atoms with Gasteiger partial charge in [-0.15, -0.1) is 23.2 Å². The summed E-state index contributed by atoms with van der Waals surface area (Å²) >= 11 is 11.4. The van der Waals surface area contributed by atoms with Gasteiger partial charge in [0.25, 0.3) is 0 Å². The molecule has 120 valence electrons. The third kappa shape index (κ3) is 18.8. The maximum Gasteiger partial charge on any atom is 0.107 e. The predicted octanol–water partition coefficient (Wildman–Crippen LogP) is 7.42. The Balaban J connectivity index is 2.92. The van der Waals surface area contributed by atoms with Crippen LogP contribution in [0.4, 0.5) is 0 Å². The quantitative estimate of drug-likeness (QED) is 0.156. The Hall–Kier alpha value is 0.797. The van der Waals surface area contributed by atoms with Crippen LogP contribution in [-0.4, -0.2) is 14.4 Å². The fraction of sp³-hybridized carbons (Fsp3) is 1.00. The minimum atomic E-state index is -0.155. The summed E-state index contributed by atoms with van der Waals surface area (Å²) in [6.45, 7) is 2.31. The van der Waals surface area contributed by atoms with Gasteiger partial charge in [0.1, 0.15) is 4.84 Å². The molecule has 0 N–H and O–H groups in total. The van der Waals surface area contributed by atoms with Crippen molar-refractivity contribution >= 4 is 32.7 Å². The molecule has 0 aliphatic rings. The SMILES string of the molecule is C[Si]CCCCCCCCCCCCCCCC(Cl)Cl. The van der Waals surface area contributed by atoms with E-state index in [4.69, 9.17) is 23.2 Å². The molecule has 0 saturated carbocycles. The highest BCUT2D eigenvalue weighted by molar-refractivity contribution is 6.44. The first-order valence-corrected chi connectivity index (χ1v) is 11.3. The lowest BCUT2D eigenvalue weighted by Gasteiger charge is -2.03. The van der Waals surface area contributed by atoms with Crippen molar-refractivity contribution in [2.75, 3.05) is 0 Å². The van der Waals surface area contributed by atoms with E-state index in [1.54, 1.807) is 0 Å². The van der Waals surface area contributed by atoms with E-state index < -0.39 is 0 Å². The summed E-state index contributed by atoms with van der Waals surface area (Å²) in [5.41, 5.74) is 0. The molecular formula is C17H34Cl2Si. The molecule has 0 atom stereocenters. The molecule has 20 heavy (non-hydrogen) atoms. The van der Waals surface area contributed by atoms with Crippen LogP contribution in [0.2, 0.25) is 12.6 Å². The van der Waals surface area contributed by atoms with Gasteiger partial charge in [-0.3, -0.25) is 0 Å². The van der Waals surface area contributed by atoms with Crippen LogP contribution in [0.5, 0.6) is 0 Å². The molecule has 0 amide bonds. The molecule has 0 rings (SSSR count). The number of halogens is 2. The Morgan fingerprint density at radius 2 is 0.950 bits per heavy atom. The Morgan fingerprint density at radius 3 is 1.30 bits per heavy atom. The largest absolute Gasteiger partial charge is 0.107 e. The van der Waals surface area contributed by atoms with Gasteiger partial charge >= 0.3 is 0 Å². The van der Waals surface area contributed by atoms with Crippen LogP contribution in [0.3, 0.4) is 0 Å². The summed E-state index contributed by atoms with van der Waals surface area (Å²) in [5, 5.41) is 0. The zero-order valence-electron chi connectivity index (χ0n) is 13.4. The van der Waals surface area contributed by atoms with Gasteiger partial charge in [0.2, 0.25) is 0 Å². The highest BCUT2D eigenvalue weighted by Gasteiger charge is 1.98. The van der Waals surface area contributed by atoms with Crippen molar-refractivity contribution in [1.29, 1.82) is 0 Å². The summed E-state index contributed by atoms with van der Waals surface area (Å²) in [7, 11) is 1.15. The van der Waals surface area contributed by atoms with Crippen molar-refractivity contribution in [2.24, 2.45) is 0 Å². The minimum Gasteiger partial charge on any atom is -0.105 e. The van der Waals surface area contributed by atoms with Crippen molar-refractivity contribution in [3.05, 3.63) is 0 Å². The molecule has 0 aromatic rings. The highest BCUT2D eigenvalue weighted by atomic mass is 35.5. The average Bonchev–Trinajstić information content (AvgIpc) is 2.43. The fourth-order valence-electron chi connectivity index (χ4n) is 2.54. The van der Waals surface area contributed by atoms with Gasteiger partial charge in [0.15, 0.2) is 0 Å². The van der Waals surface area contributed by atoms with E-state index in [9.17, 15) is 0 Å². The molecule has 0 heterocycles. The Kier molecular flexibility index (Phi) is 18.6. The Morgan fingerprint density at radius 1 is 0.600 bits per heavy atom. The average molecular weight is 337 g/mol. The molecule has 0 bridgehead atoms. The topological polar surface area (TPSA) is 0 Å². The van der Waals surface area contributed by atoms with Crippen LogP contribution >= 0.6 is 23.2 Å². The lowest BCUT2D eigenvalue weighted by Crippen LogP contribution is -1.87. The third-order valence-electron chi connectivity index (χ3n) is 3.85. The molecule has 0 fully saturated rings. The van der Waals surface area contributed by atoms with E-state index in [2.05, 4.69) is 6.55 Å². The molecule has 0 aromatic carbocycles. The Labute approximate surface area is 140 Å². The van der Waals surface area contributed by atoms with Crippen molar-refractivity contribution in [1.82, 2.24) is 0 Å². The van der Waals surface area contributed by atoms with Gasteiger partial charge in [-0.1, -0.05) is 96.1 Å². The van der Waals surface area contributed by atoms with E-state index in [-0.39, 0.29) is 4.84 Å². The van der Waals surface area contributed by atoms with Crippen molar-refractivity contribution in [3.63, 3.8) is 0 Å². The van der Waals surface area contributed by atoms with Crippen LogP contribution in [0.1, 0.15) is 89.9 Å². The van der Waals surface area contributed by atoms with Gasteiger partial charge in [0.05, 0.1) is 0 Å². The van der Waals surface area contributed by atoms with Gasteiger partial charge < -0.3 is 0 Å². The number of hydrogen-bond donors (Lipinski definition) is 0. The van der Waals surface area contributed by atoms with E-state index >= 15 is 0 Å². The molecule has 0 aliphatic heterocycles. The number of rotatable bonds is 16. The first kappa shape index (κ1) is 20.8. The molecule has 3 heteroatoms. The summed E-state index contributed by atoms with van der Waals surface area (Å²) in [5.74, 6) is 0. The molecule has 0 nitrogen and oxygen atoms in total. The van der Waals surface area contributed by atoms with E-state index in [0.29, 0.717) is 0 Å². The zero-order chi connectivity index (χ0) is 14.9. The fourth-order valence-corrected chi connectivity index (χ4v) is 3.46. The van der Waals surface area contributed by atoms with Gasteiger partial charge in [-0.2, -0.15) is 0 Å². The highest BCUT2D eigenvalue weighted by Crippen LogP contribution is 2.15. The van der Waals surface area contributed by atoms with Crippen LogP contribution in [0.25, 0.3) is 0 Å². The van der Waals surface area contributed by atoms with E-state index in [1.165, 1.54) is 89.5 Å². The summed E-state index contributed by atoms with van der Waals surface area (Å²) in [6.07, 6.45) is 19.3. The first-order chi connectivity index (χ1) is 9.77. The normalized spacial score (nSPS) is 11.4. The zero-order valence-corrected chi connectivity index (χ0v) is 16.0. The molecule has 0 aliphatic carbocycles. The lowest BCUT2D eigenvalue weighted by molar-refractivity contribution is 0.537. The van der Waals surface area contributed by atoms with Crippen molar-refractivity contribution in [2.45, 2.75) is 107 Å². The number of alkyl halides is 2. The van der Waals surface area contributed by atoms with Crippen LogP contribution in [0, 0.1) is 0 Å². The van der Waals surface area contributed by atoms with Crippen molar-refractivity contribution < 1.29 is 0 Å². The molecule has 0 saturated heterocycles. The second kappa shape index (κ2) is 17.8. The van der Waals surface area contributed by atoms with E-state index in [0.717, 1.165) is 15.9 Å². The lowest BCUT2D eigenvalue weighted by atomic mass is 10.0. The molecule has 0 unspecified atom stereocenters. The number of hydrogen-bond acceptors (Lipinski definition) is 0. The standard InChI is InChI=1S/C17H34Cl2Si/c1-20-16-14-12-10-8-6-4-2-3-5-7-9-11-13-15-17(18)19/h17H,2-16H2,1H3. The molecule has 0 spiro atoms. The first-order valence-electron chi connectivity index (χ1n) is 8.70. The van der Waals surface area contributed by atoms with Gasteiger partial charge in [-0.05, 0) is 6.42 Å². The van der Waals surface area contributed by atoms with Gasteiger partial charge in [0, 0.05) is 9.52 Å². The number of unbranched alkanes of at least 4 members (excludes halogenated alkanes) is 12. The van der Waals surface area contributed by atoms with Crippen molar-refractivity contribution in [3.8, 4) is 0 Å². The molecule has 2 radical (unpaired) electrons. The van der Waals surface area contributed by atoms with Crippen LogP contribution in [-0.2, 0) is 0 Å². The summed E-state index contributed by atoms with van der Waals surface area (Å²) in [6, 6.07) is 1.45. The van der Waals surface area contributed by atoms with Gasteiger partial charge in [-0.25, -0.2) is 0 Å². The van der Waals surface area contributed by atoms with Crippen LogP contribution in [0.15, 0.2) is 0 Å². The molecular weight excluding hydrogens is 303 g/mol. The van der Waals surface area contributed by atoms with E-state index in [1.807, 2.05) is 0 Å². The summed E-state index contributed by atoms with van der Waals surface area (Å²) < 4.78 is 0. The predicted molar refractivity (Wildman–Crippen MR) is 96.6 cm³/mol. The second-order valence-electron chi connectivity index (χ2n) is 5.88. The monoisotopic (exact) mass is 336 g/mol. The second-order valence-corrected chi connectivity index (χ2v) is 8.36.